The van der Waals surface area contributed by atoms with E-state index in [-0.39, 0.29) is 10.9 Å². The minimum absolute atomic E-state index is 0.0777. The van der Waals surface area contributed by atoms with Gasteiger partial charge in [-0.15, -0.1) is 0 Å². The summed E-state index contributed by atoms with van der Waals surface area (Å²) in [5.41, 5.74) is 3.27. The number of hydrogen-bond donors (Lipinski definition) is 1. The van der Waals surface area contributed by atoms with Gasteiger partial charge in [-0.1, -0.05) is 35.9 Å². The highest BCUT2D eigenvalue weighted by atomic mass is 35.5. The van der Waals surface area contributed by atoms with Crippen molar-refractivity contribution in [2.24, 2.45) is 0 Å². The molecule has 2 aromatic carbocycles. The fraction of sp³-hybridized carbons (Fsp3) is 0.278. The Hall–Kier alpha value is -2.07. The minimum Gasteiger partial charge on any atom is -0.384 e. The van der Waals surface area contributed by atoms with Gasteiger partial charge in [0.05, 0.1) is 5.02 Å². The van der Waals surface area contributed by atoms with Crippen molar-refractivity contribution in [3.8, 4) is 0 Å². The van der Waals surface area contributed by atoms with Gasteiger partial charge < -0.3 is 10.2 Å². The second-order valence-electron chi connectivity index (χ2n) is 5.64. The Morgan fingerprint density at radius 1 is 1.22 bits per heavy atom. The van der Waals surface area contributed by atoms with Gasteiger partial charge in [0.1, 0.15) is 5.82 Å². The molecule has 1 amide bonds. The third-order valence-corrected chi connectivity index (χ3v) is 4.36. The predicted molar refractivity (Wildman–Crippen MR) is 90.1 cm³/mol. The molecule has 0 fully saturated rings. The van der Waals surface area contributed by atoms with Crippen LogP contribution in [0.15, 0.2) is 42.5 Å². The molecule has 0 aliphatic carbocycles. The maximum atomic E-state index is 13.1. The van der Waals surface area contributed by atoms with Gasteiger partial charge in [0.25, 0.3) is 0 Å². The third-order valence-electron chi connectivity index (χ3n) is 4.07. The number of amides is 1. The number of benzene rings is 2. The minimum atomic E-state index is -0.444. The molecule has 1 heterocycles. The predicted octanol–water partition coefficient (Wildman–Crippen LogP) is 3.87. The molecule has 3 nitrogen and oxygen atoms in total. The molecule has 1 aliphatic heterocycles. The smallest absolute Gasteiger partial charge is 0.224 e. The molecule has 0 saturated heterocycles. The third kappa shape index (κ3) is 3.82. The summed E-state index contributed by atoms with van der Waals surface area (Å²) >= 11 is 5.73. The van der Waals surface area contributed by atoms with Crippen molar-refractivity contribution in [2.75, 3.05) is 18.4 Å². The summed E-state index contributed by atoms with van der Waals surface area (Å²) in [6.07, 6.45) is 1.31. The molecule has 0 spiro atoms. The number of halogens is 2. The van der Waals surface area contributed by atoms with Crippen LogP contribution < -0.4 is 5.32 Å². The molecule has 0 bridgehead atoms. The zero-order valence-corrected chi connectivity index (χ0v) is 13.4. The number of fused-ring (bicyclic) bond motifs is 1. The van der Waals surface area contributed by atoms with Gasteiger partial charge in [-0.3, -0.25) is 4.79 Å². The van der Waals surface area contributed by atoms with E-state index in [4.69, 9.17) is 11.6 Å². The van der Waals surface area contributed by atoms with Crippen LogP contribution in [0.3, 0.4) is 0 Å². The van der Waals surface area contributed by atoms with Crippen molar-refractivity contribution in [1.29, 1.82) is 0 Å². The number of nitrogens with one attached hydrogen (secondary N) is 1. The van der Waals surface area contributed by atoms with Crippen LogP contribution in [0.4, 0.5) is 10.1 Å². The zero-order chi connectivity index (χ0) is 16.2. The summed E-state index contributed by atoms with van der Waals surface area (Å²) in [7, 11) is 0. The molecule has 0 aromatic heterocycles. The van der Waals surface area contributed by atoms with Crippen molar-refractivity contribution in [3.05, 3.63) is 64.4 Å². The number of hydrogen-bond acceptors (Lipinski definition) is 2. The summed E-state index contributed by atoms with van der Waals surface area (Å²) in [5.74, 6) is -0.319. The Bertz CT molecular complexity index is 720. The fourth-order valence-electron chi connectivity index (χ4n) is 2.79. The zero-order valence-electron chi connectivity index (χ0n) is 12.7. The Labute approximate surface area is 140 Å². The second kappa shape index (κ2) is 7.01. The van der Waals surface area contributed by atoms with Crippen LogP contribution in [-0.4, -0.2) is 23.9 Å². The Morgan fingerprint density at radius 2 is 2.00 bits per heavy atom. The normalized spacial score (nSPS) is 13.6. The van der Waals surface area contributed by atoms with E-state index in [1.165, 1.54) is 23.3 Å². The lowest BCUT2D eigenvalue weighted by Crippen LogP contribution is -2.36. The maximum absolute atomic E-state index is 13.1. The summed E-state index contributed by atoms with van der Waals surface area (Å²) in [5, 5.41) is 3.18. The first-order chi connectivity index (χ1) is 11.1. The highest BCUT2D eigenvalue weighted by Gasteiger charge is 2.19. The van der Waals surface area contributed by atoms with E-state index in [0.29, 0.717) is 25.2 Å². The molecule has 120 valence electrons. The van der Waals surface area contributed by atoms with E-state index >= 15 is 0 Å². The average Bonchev–Trinajstić information content (AvgIpc) is 2.57. The molecule has 0 unspecified atom stereocenters. The number of carbonyl (C=O) groups is 1. The standard InChI is InChI=1S/C18H18ClFN2O/c19-16-11-15(5-6-17(16)20)21-9-7-18(23)22-10-8-13-3-1-2-4-14(13)12-22/h1-6,11,21H,7-10,12H2. The van der Waals surface area contributed by atoms with Crippen LogP contribution in [0.2, 0.25) is 5.02 Å². The monoisotopic (exact) mass is 332 g/mol. The quantitative estimate of drug-likeness (QED) is 0.922. The molecule has 1 aliphatic rings. The van der Waals surface area contributed by atoms with Gasteiger partial charge in [0.15, 0.2) is 0 Å². The summed E-state index contributed by atoms with van der Waals surface area (Å²) in [6, 6.07) is 12.7. The Morgan fingerprint density at radius 3 is 2.78 bits per heavy atom. The van der Waals surface area contributed by atoms with Gasteiger partial charge in [-0.05, 0) is 35.7 Å². The fourth-order valence-corrected chi connectivity index (χ4v) is 2.97. The van der Waals surface area contributed by atoms with Crippen molar-refractivity contribution < 1.29 is 9.18 Å². The van der Waals surface area contributed by atoms with Gasteiger partial charge in [0, 0.05) is 31.7 Å². The summed E-state index contributed by atoms with van der Waals surface area (Å²) < 4.78 is 13.1. The molecule has 23 heavy (non-hydrogen) atoms. The molecule has 0 radical (unpaired) electrons. The lowest BCUT2D eigenvalue weighted by Gasteiger charge is -2.29. The van der Waals surface area contributed by atoms with E-state index in [1.54, 1.807) is 6.07 Å². The van der Waals surface area contributed by atoms with Gasteiger partial charge >= 0.3 is 0 Å². The molecule has 0 saturated carbocycles. The topological polar surface area (TPSA) is 32.3 Å². The van der Waals surface area contributed by atoms with E-state index in [0.717, 1.165) is 13.0 Å². The SMILES string of the molecule is O=C(CCNc1ccc(F)c(Cl)c1)N1CCc2ccccc2C1. The summed E-state index contributed by atoms with van der Waals surface area (Å²) in [6.45, 7) is 1.94. The first-order valence-electron chi connectivity index (χ1n) is 7.67. The molecular formula is C18H18ClFN2O. The second-order valence-corrected chi connectivity index (χ2v) is 6.05. The first-order valence-corrected chi connectivity index (χ1v) is 8.05. The molecule has 2 aromatic rings. The highest BCUT2D eigenvalue weighted by molar-refractivity contribution is 6.31. The molecule has 1 N–H and O–H groups in total. The first kappa shape index (κ1) is 15.8. The van der Waals surface area contributed by atoms with E-state index in [1.807, 2.05) is 17.0 Å². The number of carbonyl (C=O) groups excluding carboxylic acids is 1. The Kier molecular flexibility index (Phi) is 4.82. The number of nitrogens with zero attached hydrogens (tertiary/aromatic N) is 1. The van der Waals surface area contributed by atoms with Crippen LogP contribution in [-0.2, 0) is 17.8 Å². The lowest BCUT2D eigenvalue weighted by atomic mass is 10.00. The largest absolute Gasteiger partial charge is 0.384 e. The molecular weight excluding hydrogens is 315 g/mol. The van der Waals surface area contributed by atoms with E-state index < -0.39 is 5.82 Å². The van der Waals surface area contributed by atoms with Crippen LogP contribution >= 0.6 is 11.6 Å². The van der Waals surface area contributed by atoms with Gasteiger partial charge in [-0.2, -0.15) is 0 Å². The van der Waals surface area contributed by atoms with Crippen LogP contribution in [0.5, 0.6) is 0 Å². The number of rotatable bonds is 4. The van der Waals surface area contributed by atoms with Gasteiger partial charge in [0.2, 0.25) is 5.91 Å². The van der Waals surface area contributed by atoms with Gasteiger partial charge in [-0.25, -0.2) is 4.39 Å². The number of anilines is 1. The van der Waals surface area contributed by atoms with Crippen molar-refractivity contribution in [2.45, 2.75) is 19.4 Å². The molecule has 0 atom stereocenters. The van der Waals surface area contributed by atoms with E-state index in [2.05, 4.69) is 17.4 Å². The van der Waals surface area contributed by atoms with Crippen molar-refractivity contribution in [3.63, 3.8) is 0 Å². The van der Waals surface area contributed by atoms with Crippen molar-refractivity contribution >= 4 is 23.2 Å². The van der Waals surface area contributed by atoms with Crippen LogP contribution in [0, 0.1) is 5.82 Å². The highest BCUT2D eigenvalue weighted by Crippen LogP contribution is 2.20. The van der Waals surface area contributed by atoms with Crippen molar-refractivity contribution in [1.82, 2.24) is 4.90 Å². The molecule has 5 heteroatoms. The molecule has 3 rings (SSSR count). The lowest BCUT2D eigenvalue weighted by molar-refractivity contribution is -0.131. The van der Waals surface area contributed by atoms with E-state index in [9.17, 15) is 9.18 Å². The van der Waals surface area contributed by atoms with Crippen LogP contribution in [0.25, 0.3) is 0 Å². The summed E-state index contributed by atoms with van der Waals surface area (Å²) in [4.78, 5) is 14.2. The van der Waals surface area contributed by atoms with Crippen LogP contribution in [0.1, 0.15) is 17.5 Å². The maximum Gasteiger partial charge on any atom is 0.224 e. The average molecular weight is 333 g/mol. The Balaban J connectivity index is 1.51.